The van der Waals surface area contributed by atoms with Gasteiger partial charge in [-0.1, -0.05) is 0 Å². The summed E-state index contributed by atoms with van der Waals surface area (Å²) in [6, 6.07) is 9.21. The normalized spacial score (nSPS) is 10.2. The van der Waals surface area contributed by atoms with Crippen LogP contribution in [0.15, 0.2) is 40.9 Å². The molecule has 0 amide bonds. The zero-order valence-corrected chi connectivity index (χ0v) is 12.2. The summed E-state index contributed by atoms with van der Waals surface area (Å²) in [6.45, 7) is 0. The SMILES string of the molecule is COc1ccc(C(=N)N)c(Oc2ccc(F)c(Br)c2)c1. The Kier molecular flexibility index (Phi) is 4.24. The molecule has 6 heteroatoms. The molecule has 2 aromatic rings. The van der Waals surface area contributed by atoms with Crippen LogP contribution in [0.1, 0.15) is 5.56 Å². The van der Waals surface area contributed by atoms with Crippen molar-refractivity contribution in [1.82, 2.24) is 0 Å². The minimum atomic E-state index is -0.380. The van der Waals surface area contributed by atoms with Gasteiger partial charge in [-0.3, -0.25) is 5.41 Å². The molecule has 0 aliphatic carbocycles. The lowest BCUT2D eigenvalue weighted by molar-refractivity contribution is 0.408. The fourth-order valence-corrected chi connectivity index (χ4v) is 1.96. The number of ether oxygens (including phenoxy) is 2. The Bertz CT molecular complexity index is 662. The van der Waals surface area contributed by atoms with Crippen LogP contribution in [-0.4, -0.2) is 12.9 Å². The molecule has 0 atom stereocenters. The number of amidine groups is 1. The molecule has 0 bridgehead atoms. The van der Waals surface area contributed by atoms with Gasteiger partial charge in [-0.2, -0.15) is 0 Å². The lowest BCUT2D eigenvalue weighted by Crippen LogP contribution is -2.12. The van der Waals surface area contributed by atoms with Crippen LogP contribution in [0.4, 0.5) is 4.39 Å². The van der Waals surface area contributed by atoms with E-state index in [1.165, 1.54) is 25.3 Å². The number of hydrogen-bond acceptors (Lipinski definition) is 3. The molecule has 0 saturated carbocycles. The van der Waals surface area contributed by atoms with Crippen molar-refractivity contribution in [3.05, 3.63) is 52.3 Å². The summed E-state index contributed by atoms with van der Waals surface area (Å²) in [5.74, 6) is 0.870. The minimum Gasteiger partial charge on any atom is -0.497 e. The summed E-state index contributed by atoms with van der Waals surface area (Å²) in [5, 5.41) is 7.53. The van der Waals surface area contributed by atoms with Crippen molar-refractivity contribution in [2.75, 3.05) is 7.11 Å². The molecule has 0 heterocycles. The van der Waals surface area contributed by atoms with Crippen molar-refractivity contribution < 1.29 is 13.9 Å². The van der Waals surface area contributed by atoms with Crippen molar-refractivity contribution in [2.45, 2.75) is 0 Å². The summed E-state index contributed by atoms with van der Waals surface area (Å²) >= 11 is 3.09. The van der Waals surface area contributed by atoms with E-state index in [0.29, 0.717) is 27.3 Å². The van der Waals surface area contributed by atoms with Gasteiger partial charge in [-0.25, -0.2) is 4.39 Å². The fraction of sp³-hybridized carbons (Fsp3) is 0.0714. The van der Waals surface area contributed by atoms with E-state index in [-0.39, 0.29) is 11.7 Å². The van der Waals surface area contributed by atoms with Gasteiger partial charge >= 0.3 is 0 Å². The molecule has 0 unspecified atom stereocenters. The van der Waals surface area contributed by atoms with Crippen molar-refractivity contribution in [2.24, 2.45) is 5.73 Å². The molecular formula is C14H12BrFN2O2. The van der Waals surface area contributed by atoms with Gasteiger partial charge in [-0.15, -0.1) is 0 Å². The second-order valence-electron chi connectivity index (χ2n) is 3.95. The molecule has 20 heavy (non-hydrogen) atoms. The molecule has 0 aromatic heterocycles. The first-order chi connectivity index (χ1) is 9.51. The number of hydrogen-bond donors (Lipinski definition) is 2. The van der Waals surface area contributed by atoms with Gasteiger partial charge in [0.1, 0.15) is 28.9 Å². The molecule has 2 aromatic carbocycles. The number of nitrogens with one attached hydrogen (secondary N) is 1. The molecule has 0 spiro atoms. The summed E-state index contributed by atoms with van der Waals surface area (Å²) < 4.78 is 24.2. The Balaban J connectivity index is 2.40. The molecule has 0 radical (unpaired) electrons. The molecular weight excluding hydrogens is 327 g/mol. The van der Waals surface area contributed by atoms with E-state index in [1.807, 2.05) is 0 Å². The van der Waals surface area contributed by atoms with Crippen LogP contribution >= 0.6 is 15.9 Å². The Labute approximate surface area is 124 Å². The van der Waals surface area contributed by atoms with E-state index in [1.54, 1.807) is 18.2 Å². The number of nitrogens with two attached hydrogens (primary N) is 1. The van der Waals surface area contributed by atoms with Gasteiger partial charge in [0.05, 0.1) is 17.1 Å². The summed E-state index contributed by atoms with van der Waals surface area (Å²) in [5.41, 5.74) is 5.94. The van der Waals surface area contributed by atoms with Gasteiger partial charge < -0.3 is 15.2 Å². The van der Waals surface area contributed by atoms with Crippen LogP contribution in [-0.2, 0) is 0 Å². The zero-order valence-electron chi connectivity index (χ0n) is 10.6. The maximum atomic E-state index is 13.2. The molecule has 0 fully saturated rings. The third-order valence-electron chi connectivity index (χ3n) is 2.60. The Morgan fingerprint density at radius 3 is 2.50 bits per heavy atom. The molecule has 0 saturated heterocycles. The van der Waals surface area contributed by atoms with Gasteiger partial charge in [0.25, 0.3) is 0 Å². The monoisotopic (exact) mass is 338 g/mol. The summed E-state index contributed by atoms with van der Waals surface area (Å²) in [4.78, 5) is 0. The first kappa shape index (κ1) is 14.3. The lowest BCUT2D eigenvalue weighted by atomic mass is 10.1. The number of halogens is 2. The smallest absolute Gasteiger partial charge is 0.142 e. The largest absolute Gasteiger partial charge is 0.497 e. The summed E-state index contributed by atoms with van der Waals surface area (Å²) in [6.07, 6.45) is 0. The standard InChI is InChI=1S/C14H12BrFN2O2/c1-19-8-2-4-10(14(17)18)13(7-8)20-9-3-5-12(16)11(15)6-9/h2-7H,1H3,(H3,17,18). The van der Waals surface area contributed by atoms with Crippen LogP contribution in [0, 0.1) is 11.2 Å². The highest BCUT2D eigenvalue weighted by atomic mass is 79.9. The van der Waals surface area contributed by atoms with Gasteiger partial charge in [0.2, 0.25) is 0 Å². The molecule has 0 aliphatic heterocycles. The topological polar surface area (TPSA) is 68.3 Å². The lowest BCUT2D eigenvalue weighted by Gasteiger charge is -2.12. The van der Waals surface area contributed by atoms with Gasteiger partial charge in [0, 0.05) is 6.07 Å². The number of nitrogen functional groups attached to an aromatic ring is 1. The molecule has 0 aliphatic rings. The van der Waals surface area contributed by atoms with Crippen LogP contribution < -0.4 is 15.2 Å². The molecule has 2 rings (SSSR count). The van der Waals surface area contributed by atoms with E-state index in [2.05, 4.69) is 15.9 Å². The van der Waals surface area contributed by atoms with Crippen LogP contribution in [0.2, 0.25) is 0 Å². The maximum absolute atomic E-state index is 13.2. The average Bonchev–Trinajstić information content (AvgIpc) is 2.42. The first-order valence-electron chi connectivity index (χ1n) is 5.66. The van der Waals surface area contributed by atoms with E-state index in [9.17, 15) is 4.39 Å². The van der Waals surface area contributed by atoms with Crippen molar-refractivity contribution in [3.8, 4) is 17.2 Å². The van der Waals surface area contributed by atoms with E-state index in [4.69, 9.17) is 20.6 Å². The number of benzene rings is 2. The van der Waals surface area contributed by atoms with Crippen molar-refractivity contribution >= 4 is 21.8 Å². The number of methoxy groups -OCH3 is 1. The second-order valence-corrected chi connectivity index (χ2v) is 4.81. The molecule has 4 nitrogen and oxygen atoms in total. The van der Waals surface area contributed by atoms with E-state index >= 15 is 0 Å². The predicted octanol–water partition coefficient (Wildman–Crippen LogP) is 3.67. The van der Waals surface area contributed by atoms with Crippen LogP contribution in [0.25, 0.3) is 0 Å². The Morgan fingerprint density at radius 1 is 1.20 bits per heavy atom. The summed E-state index contributed by atoms with van der Waals surface area (Å²) in [7, 11) is 1.53. The highest BCUT2D eigenvalue weighted by Crippen LogP contribution is 2.31. The second kappa shape index (κ2) is 5.92. The zero-order chi connectivity index (χ0) is 14.7. The van der Waals surface area contributed by atoms with Crippen molar-refractivity contribution in [3.63, 3.8) is 0 Å². The average molecular weight is 339 g/mol. The van der Waals surface area contributed by atoms with Crippen LogP contribution in [0.3, 0.4) is 0 Å². The van der Waals surface area contributed by atoms with Crippen LogP contribution in [0.5, 0.6) is 17.2 Å². The third-order valence-corrected chi connectivity index (χ3v) is 3.21. The maximum Gasteiger partial charge on any atom is 0.142 e. The third kappa shape index (κ3) is 3.08. The fourth-order valence-electron chi connectivity index (χ4n) is 1.60. The highest BCUT2D eigenvalue weighted by molar-refractivity contribution is 9.10. The predicted molar refractivity (Wildman–Crippen MR) is 78.2 cm³/mol. The van der Waals surface area contributed by atoms with E-state index < -0.39 is 0 Å². The van der Waals surface area contributed by atoms with E-state index in [0.717, 1.165) is 0 Å². The molecule has 3 N–H and O–H groups in total. The molecule has 104 valence electrons. The highest BCUT2D eigenvalue weighted by Gasteiger charge is 2.10. The van der Waals surface area contributed by atoms with Crippen molar-refractivity contribution in [1.29, 1.82) is 5.41 Å². The Hall–Kier alpha value is -2.08. The first-order valence-corrected chi connectivity index (χ1v) is 6.46. The minimum absolute atomic E-state index is 0.121. The van der Waals surface area contributed by atoms with Gasteiger partial charge in [-0.05, 0) is 46.3 Å². The number of rotatable bonds is 4. The quantitative estimate of drug-likeness (QED) is 0.660. The van der Waals surface area contributed by atoms with Gasteiger partial charge in [0.15, 0.2) is 0 Å². The Morgan fingerprint density at radius 2 is 1.90 bits per heavy atom.